The molecule has 0 bridgehead atoms. The van der Waals surface area contributed by atoms with Crippen LogP contribution in [0.3, 0.4) is 0 Å². The number of unbranched alkanes of at least 4 members (excludes halogenated alkanes) is 1. The number of aliphatic hydroxyl groups excluding tert-OH is 1. The molecule has 1 atom stereocenters. The highest BCUT2D eigenvalue weighted by molar-refractivity contribution is 5.41. The Morgan fingerprint density at radius 1 is 1.29 bits per heavy atom. The summed E-state index contributed by atoms with van der Waals surface area (Å²) < 4.78 is 0. The van der Waals surface area contributed by atoms with Gasteiger partial charge in [-0.05, 0) is 49.7 Å². The van der Waals surface area contributed by atoms with Gasteiger partial charge in [-0.3, -0.25) is 0 Å². The van der Waals surface area contributed by atoms with E-state index in [2.05, 4.69) is 24.3 Å². The summed E-state index contributed by atoms with van der Waals surface area (Å²) in [5.74, 6) is 0. The molecule has 0 saturated heterocycles. The molecule has 2 heteroatoms. The van der Waals surface area contributed by atoms with Gasteiger partial charge in [-0.25, -0.2) is 0 Å². The number of benzene rings is 1. The first-order valence-corrected chi connectivity index (χ1v) is 6.43. The molecule has 17 heavy (non-hydrogen) atoms. The van der Waals surface area contributed by atoms with E-state index in [-0.39, 0.29) is 12.0 Å². The number of aliphatic hydroxyl groups is 1. The smallest absolute Gasteiger partial charge is 0.0825 e. The summed E-state index contributed by atoms with van der Waals surface area (Å²) in [6.07, 6.45) is 5.76. The van der Waals surface area contributed by atoms with Crippen LogP contribution in [0.1, 0.15) is 43.2 Å². The lowest BCUT2D eigenvalue weighted by atomic mass is 9.68. The fourth-order valence-electron chi connectivity index (χ4n) is 2.89. The van der Waals surface area contributed by atoms with E-state index in [9.17, 15) is 5.26 Å². The molecule has 0 radical (unpaired) electrons. The van der Waals surface area contributed by atoms with Gasteiger partial charge in [0.25, 0.3) is 0 Å². The Hall–Kier alpha value is -1.33. The summed E-state index contributed by atoms with van der Waals surface area (Å²) in [7, 11) is 0. The predicted molar refractivity (Wildman–Crippen MR) is 67.6 cm³/mol. The van der Waals surface area contributed by atoms with Crippen molar-refractivity contribution in [1.29, 1.82) is 5.26 Å². The molecule has 1 aromatic rings. The number of hydrogen-bond donors (Lipinski definition) is 1. The highest BCUT2D eigenvalue weighted by Gasteiger charge is 2.35. The zero-order valence-corrected chi connectivity index (χ0v) is 10.2. The highest BCUT2D eigenvalue weighted by Crippen LogP contribution is 2.40. The third-order valence-electron chi connectivity index (χ3n) is 3.81. The van der Waals surface area contributed by atoms with Crippen molar-refractivity contribution in [3.05, 3.63) is 35.4 Å². The van der Waals surface area contributed by atoms with Crippen LogP contribution in [0.4, 0.5) is 0 Å². The molecule has 1 aliphatic carbocycles. The summed E-state index contributed by atoms with van der Waals surface area (Å²) in [6, 6.07) is 10.9. The van der Waals surface area contributed by atoms with Crippen molar-refractivity contribution in [2.45, 2.75) is 43.9 Å². The van der Waals surface area contributed by atoms with E-state index in [1.165, 1.54) is 11.1 Å². The molecule has 1 aliphatic rings. The van der Waals surface area contributed by atoms with Gasteiger partial charge in [-0.1, -0.05) is 24.3 Å². The molecule has 0 heterocycles. The van der Waals surface area contributed by atoms with Gasteiger partial charge in [-0.2, -0.15) is 5.26 Å². The number of nitrogens with zero attached hydrogens (tertiary/aromatic N) is 1. The van der Waals surface area contributed by atoms with Crippen LogP contribution in [0, 0.1) is 11.3 Å². The minimum Gasteiger partial charge on any atom is -0.396 e. The second kappa shape index (κ2) is 5.33. The number of nitriles is 1. The van der Waals surface area contributed by atoms with Crippen molar-refractivity contribution >= 4 is 0 Å². The first-order chi connectivity index (χ1) is 8.32. The Morgan fingerprint density at radius 3 is 2.88 bits per heavy atom. The molecule has 0 aliphatic heterocycles. The average Bonchev–Trinajstić information content (AvgIpc) is 2.39. The molecule has 0 amide bonds. The van der Waals surface area contributed by atoms with Crippen LogP contribution >= 0.6 is 0 Å². The van der Waals surface area contributed by atoms with Gasteiger partial charge in [0.1, 0.15) is 0 Å². The van der Waals surface area contributed by atoms with E-state index in [1.54, 1.807) is 0 Å². The van der Waals surface area contributed by atoms with E-state index in [4.69, 9.17) is 5.11 Å². The van der Waals surface area contributed by atoms with Crippen LogP contribution in [-0.4, -0.2) is 11.7 Å². The third-order valence-corrected chi connectivity index (χ3v) is 3.81. The lowest BCUT2D eigenvalue weighted by Gasteiger charge is -2.33. The highest BCUT2D eigenvalue weighted by atomic mass is 16.2. The summed E-state index contributed by atoms with van der Waals surface area (Å²) in [4.78, 5) is 0. The van der Waals surface area contributed by atoms with Crippen LogP contribution in [-0.2, 0) is 11.8 Å². The zero-order chi connectivity index (χ0) is 12.1. The van der Waals surface area contributed by atoms with E-state index in [0.717, 1.165) is 38.5 Å². The monoisotopic (exact) mass is 229 g/mol. The molecule has 1 unspecified atom stereocenters. The van der Waals surface area contributed by atoms with E-state index in [1.807, 2.05) is 6.07 Å². The van der Waals surface area contributed by atoms with Gasteiger partial charge < -0.3 is 5.11 Å². The number of rotatable bonds is 4. The average molecular weight is 229 g/mol. The summed E-state index contributed by atoms with van der Waals surface area (Å²) in [6.45, 7) is 0.225. The minimum absolute atomic E-state index is 0.225. The first kappa shape index (κ1) is 12.1. The van der Waals surface area contributed by atoms with Gasteiger partial charge in [-0.15, -0.1) is 0 Å². The number of aryl methyl sites for hydroxylation is 1. The largest absolute Gasteiger partial charge is 0.396 e. The van der Waals surface area contributed by atoms with E-state index >= 15 is 0 Å². The van der Waals surface area contributed by atoms with Gasteiger partial charge in [0.05, 0.1) is 11.5 Å². The molecule has 0 aromatic heterocycles. The summed E-state index contributed by atoms with van der Waals surface area (Å²) in [5, 5.41) is 18.4. The fraction of sp³-hybridized carbons (Fsp3) is 0.533. The zero-order valence-electron chi connectivity index (χ0n) is 10.2. The lowest BCUT2D eigenvalue weighted by molar-refractivity contribution is 0.275. The molecule has 90 valence electrons. The van der Waals surface area contributed by atoms with Crippen LogP contribution in [0.25, 0.3) is 0 Å². The molecule has 0 spiro atoms. The molecule has 2 rings (SSSR count). The third kappa shape index (κ3) is 2.35. The Balaban J connectivity index is 2.27. The molecule has 2 nitrogen and oxygen atoms in total. The molecule has 0 fully saturated rings. The van der Waals surface area contributed by atoms with Crippen molar-refractivity contribution < 1.29 is 5.11 Å². The predicted octanol–water partition coefficient (Wildman–Crippen LogP) is 2.95. The Labute approximate surface area is 103 Å². The SMILES string of the molecule is N#CC1(CCCCO)CCCc2ccccc21. The maximum Gasteiger partial charge on any atom is 0.0825 e. The Morgan fingerprint density at radius 2 is 2.12 bits per heavy atom. The van der Waals surface area contributed by atoms with Crippen molar-refractivity contribution in [3.8, 4) is 6.07 Å². The van der Waals surface area contributed by atoms with Crippen molar-refractivity contribution in [2.75, 3.05) is 6.61 Å². The Kier molecular flexibility index (Phi) is 3.81. The molecule has 0 saturated carbocycles. The van der Waals surface area contributed by atoms with Crippen LogP contribution in [0.2, 0.25) is 0 Å². The number of hydrogen-bond acceptors (Lipinski definition) is 2. The van der Waals surface area contributed by atoms with E-state index in [0.29, 0.717) is 0 Å². The van der Waals surface area contributed by atoms with Crippen LogP contribution in [0.15, 0.2) is 24.3 Å². The second-order valence-electron chi connectivity index (χ2n) is 4.89. The van der Waals surface area contributed by atoms with Gasteiger partial charge in [0.15, 0.2) is 0 Å². The van der Waals surface area contributed by atoms with Crippen LogP contribution < -0.4 is 0 Å². The van der Waals surface area contributed by atoms with Crippen molar-refractivity contribution in [3.63, 3.8) is 0 Å². The molecular formula is C15H19NO. The molecule has 1 aromatic carbocycles. The minimum atomic E-state index is -0.302. The maximum absolute atomic E-state index is 9.58. The van der Waals surface area contributed by atoms with E-state index < -0.39 is 0 Å². The Bertz CT molecular complexity index is 421. The topological polar surface area (TPSA) is 44.0 Å². The van der Waals surface area contributed by atoms with Gasteiger partial charge >= 0.3 is 0 Å². The van der Waals surface area contributed by atoms with Crippen molar-refractivity contribution in [1.82, 2.24) is 0 Å². The van der Waals surface area contributed by atoms with Gasteiger partial charge in [0, 0.05) is 6.61 Å². The first-order valence-electron chi connectivity index (χ1n) is 6.43. The quantitative estimate of drug-likeness (QED) is 0.807. The summed E-state index contributed by atoms with van der Waals surface area (Å²) in [5.41, 5.74) is 2.26. The fourth-order valence-corrected chi connectivity index (χ4v) is 2.89. The second-order valence-corrected chi connectivity index (χ2v) is 4.89. The van der Waals surface area contributed by atoms with Crippen LogP contribution in [0.5, 0.6) is 0 Å². The normalized spacial score (nSPS) is 22.8. The van der Waals surface area contributed by atoms with Gasteiger partial charge in [0.2, 0.25) is 0 Å². The molecular weight excluding hydrogens is 210 g/mol. The standard InChI is InChI=1S/C15H19NO/c16-12-15(9-3-4-11-17)10-5-7-13-6-1-2-8-14(13)15/h1-2,6,8,17H,3-5,7,9-11H2. The summed E-state index contributed by atoms with van der Waals surface area (Å²) >= 11 is 0. The van der Waals surface area contributed by atoms with Crippen molar-refractivity contribution in [2.24, 2.45) is 0 Å². The lowest BCUT2D eigenvalue weighted by Crippen LogP contribution is -2.29. The maximum atomic E-state index is 9.58. The molecule has 1 N–H and O–H groups in total. The number of fused-ring (bicyclic) bond motifs is 1.